The molecular weight excluding hydrogens is 310 g/mol. The monoisotopic (exact) mass is 335 g/mol. The summed E-state index contributed by atoms with van der Waals surface area (Å²) in [7, 11) is 0. The molecule has 130 valence electrons. The van der Waals surface area contributed by atoms with Crippen molar-refractivity contribution in [2.75, 3.05) is 19.7 Å². The molecule has 25 heavy (non-hydrogen) atoms. The summed E-state index contributed by atoms with van der Waals surface area (Å²) in [6.45, 7) is 5.78. The van der Waals surface area contributed by atoms with Gasteiger partial charge >= 0.3 is 0 Å². The van der Waals surface area contributed by atoms with Crippen LogP contribution in [-0.2, 0) is 4.79 Å². The van der Waals surface area contributed by atoms with Gasteiger partial charge in [0.1, 0.15) is 5.75 Å². The van der Waals surface area contributed by atoms with E-state index in [1.165, 1.54) is 16.7 Å². The van der Waals surface area contributed by atoms with Gasteiger partial charge in [0.25, 0.3) is 5.91 Å². The van der Waals surface area contributed by atoms with E-state index in [2.05, 4.69) is 38.1 Å². The largest absolute Gasteiger partial charge is 0.484 e. The lowest BCUT2D eigenvalue weighted by molar-refractivity contribution is -0.132. The standard InChI is InChI=1S/C22H25NO2/c1-17(2)20-9-6-10-21(15-20)25-16-22(24)23-13-11-19(12-14-23)18-7-4-3-5-8-18/h3-11,15,17H,12-14,16H2,1-2H3. The molecule has 1 aliphatic heterocycles. The highest BCUT2D eigenvalue weighted by molar-refractivity contribution is 5.79. The van der Waals surface area contributed by atoms with E-state index >= 15 is 0 Å². The minimum atomic E-state index is 0.0401. The fourth-order valence-electron chi connectivity index (χ4n) is 3.01. The van der Waals surface area contributed by atoms with Crippen molar-refractivity contribution >= 4 is 11.5 Å². The van der Waals surface area contributed by atoms with E-state index in [0.717, 1.165) is 18.7 Å². The van der Waals surface area contributed by atoms with Gasteiger partial charge < -0.3 is 9.64 Å². The lowest BCUT2D eigenvalue weighted by Crippen LogP contribution is -2.37. The summed E-state index contributed by atoms with van der Waals surface area (Å²) >= 11 is 0. The van der Waals surface area contributed by atoms with Crippen molar-refractivity contribution in [2.45, 2.75) is 26.2 Å². The Labute approximate surface area is 149 Å². The van der Waals surface area contributed by atoms with Crippen LogP contribution in [-0.4, -0.2) is 30.5 Å². The molecule has 3 heteroatoms. The van der Waals surface area contributed by atoms with Gasteiger partial charge in [-0.15, -0.1) is 0 Å². The zero-order valence-corrected chi connectivity index (χ0v) is 14.9. The van der Waals surface area contributed by atoms with Crippen molar-refractivity contribution in [1.82, 2.24) is 4.90 Å². The van der Waals surface area contributed by atoms with Crippen molar-refractivity contribution in [3.63, 3.8) is 0 Å². The molecule has 0 atom stereocenters. The van der Waals surface area contributed by atoms with Crippen LogP contribution in [0.25, 0.3) is 5.57 Å². The van der Waals surface area contributed by atoms with E-state index < -0.39 is 0 Å². The summed E-state index contributed by atoms with van der Waals surface area (Å²) in [5.74, 6) is 1.25. The number of rotatable bonds is 5. The Morgan fingerprint density at radius 1 is 1.12 bits per heavy atom. The van der Waals surface area contributed by atoms with Crippen molar-refractivity contribution < 1.29 is 9.53 Å². The molecule has 0 saturated heterocycles. The third kappa shape index (κ3) is 4.50. The van der Waals surface area contributed by atoms with Gasteiger partial charge in [-0.3, -0.25) is 4.79 Å². The fraction of sp³-hybridized carbons (Fsp3) is 0.318. The molecule has 0 radical (unpaired) electrons. The van der Waals surface area contributed by atoms with E-state index in [1.807, 2.05) is 41.3 Å². The highest BCUT2D eigenvalue weighted by Crippen LogP contribution is 2.23. The van der Waals surface area contributed by atoms with Crippen LogP contribution in [0, 0.1) is 0 Å². The average Bonchev–Trinajstić information content (AvgIpc) is 2.67. The molecule has 1 aliphatic rings. The maximum Gasteiger partial charge on any atom is 0.260 e. The first-order valence-electron chi connectivity index (χ1n) is 8.88. The Balaban J connectivity index is 1.55. The van der Waals surface area contributed by atoms with Crippen molar-refractivity contribution in [3.05, 3.63) is 71.8 Å². The number of hydrogen-bond donors (Lipinski definition) is 0. The fourth-order valence-corrected chi connectivity index (χ4v) is 3.01. The summed E-state index contributed by atoms with van der Waals surface area (Å²) < 4.78 is 5.71. The van der Waals surface area contributed by atoms with Crippen LogP contribution in [0.1, 0.15) is 37.3 Å². The molecule has 1 heterocycles. The van der Waals surface area contributed by atoms with Gasteiger partial charge in [0, 0.05) is 13.1 Å². The summed E-state index contributed by atoms with van der Waals surface area (Å²) in [5, 5.41) is 0. The minimum Gasteiger partial charge on any atom is -0.484 e. The molecule has 0 unspecified atom stereocenters. The molecule has 2 aromatic rings. The van der Waals surface area contributed by atoms with E-state index in [4.69, 9.17) is 4.74 Å². The first-order valence-corrected chi connectivity index (χ1v) is 8.88. The smallest absolute Gasteiger partial charge is 0.260 e. The maximum absolute atomic E-state index is 12.4. The second kappa shape index (κ2) is 8.02. The predicted octanol–water partition coefficient (Wildman–Crippen LogP) is 4.50. The number of carbonyl (C=O) groups excluding carboxylic acids is 1. The Kier molecular flexibility index (Phi) is 5.54. The zero-order valence-electron chi connectivity index (χ0n) is 14.9. The molecule has 0 saturated carbocycles. The van der Waals surface area contributed by atoms with Gasteiger partial charge in [0.15, 0.2) is 6.61 Å². The Morgan fingerprint density at radius 3 is 2.60 bits per heavy atom. The van der Waals surface area contributed by atoms with Gasteiger partial charge in [-0.1, -0.05) is 62.4 Å². The van der Waals surface area contributed by atoms with Gasteiger partial charge in [-0.2, -0.15) is 0 Å². The number of amides is 1. The molecule has 0 aromatic heterocycles. The Bertz CT molecular complexity index is 750. The summed E-state index contributed by atoms with van der Waals surface area (Å²) in [5.41, 5.74) is 3.78. The molecule has 0 spiro atoms. The molecule has 3 nitrogen and oxygen atoms in total. The average molecular weight is 335 g/mol. The van der Waals surface area contributed by atoms with Gasteiger partial charge in [-0.05, 0) is 41.2 Å². The number of hydrogen-bond acceptors (Lipinski definition) is 2. The van der Waals surface area contributed by atoms with E-state index in [0.29, 0.717) is 12.5 Å². The highest BCUT2D eigenvalue weighted by atomic mass is 16.5. The summed E-state index contributed by atoms with van der Waals surface area (Å²) in [4.78, 5) is 14.3. The third-order valence-corrected chi connectivity index (χ3v) is 4.59. The molecule has 2 aromatic carbocycles. The molecule has 1 amide bonds. The van der Waals surface area contributed by atoms with Crippen molar-refractivity contribution in [1.29, 1.82) is 0 Å². The second-order valence-corrected chi connectivity index (χ2v) is 6.70. The van der Waals surface area contributed by atoms with Crippen LogP contribution < -0.4 is 4.74 Å². The van der Waals surface area contributed by atoms with E-state index in [-0.39, 0.29) is 12.5 Å². The van der Waals surface area contributed by atoms with Crippen LogP contribution in [0.5, 0.6) is 5.75 Å². The quantitative estimate of drug-likeness (QED) is 0.805. The van der Waals surface area contributed by atoms with Crippen LogP contribution >= 0.6 is 0 Å². The number of nitrogens with zero attached hydrogens (tertiary/aromatic N) is 1. The Morgan fingerprint density at radius 2 is 1.92 bits per heavy atom. The minimum absolute atomic E-state index is 0.0401. The van der Waals surface area contributed by atoms with E-state index in [9.17, 15) is 4.79 Å². The summed E-state index contributed by atoms with van der Waals surface area (Å²) in [6, 6.07) is 18.3. The highest BCUT2D eigenvalue weighted by Gasteiger charge is 2.18. The zero-order chi connectivity index (χ0) is 17.6. The van der Waals surface area contributed by atoms with Crippen LogP contribution in [0.3, 0.4) is 0 Å². The van der Waals surface area contributed by atoms with Crippen molar-refractivity contribution in [3.8, 4) is 5.75 Å². The van der Waals surface area contributed by atoms with Crippen LogP contribution in [0.2, 0.25) is 0 Å². The van der Waals surface area contributed by atoms with Crippen LogP contribution in [0.4, 0.5) is 0 Å². The molecule has 0 bridgehead atoms. The van der Waals surface area contributed by atoms with Gasteiger partial charge in [0.05, 0.1) is 0 Å². The molecule has 3 rings (SSSR count). The second-order valence-electron chi connectivity index (χ2n) is 6.70. The lowest BCUT2D eigenvalue weighted by Gasteiger charge is -2.26. The van der Waals surface area contributed by atoms with Crippen molar-refractivity contribution in [2.24, 2.45) is 0 Å². The summed E-state index contributed by atoms with van der Waals surface area (Å²) in [6.07, 6.45) is 3.04. The van der Waals surface area contributed by atoms with Gasteiger partial charge in [-0.25, -0.2) is 0 Å². The number of carbonyl (C=O) groups is 1. The molecular formula is C22H25NO2. The lowest BCUT2D eigenvalue weighted by atomic mass is 10.00. The first-order chi connectivity index (χ1) is 12.1. The maximum atomic E-state index is 12.4. The predicted molar refractivity (Wildman–Crippen MR) is 102 cm³/mol. The van der Waals surface area contributed by atoms with Crippen LogP contribution in [0.15, 0.2) is 60.7 Å². The molecule has 0 N–H and O–H groups in total. The van der Waals surface area contributed by atoms with E-state index in [1.54, 1.807) is 0 Å². The molecule has 0 aliphatic carbocycles. The topological polar surface area (TPSA) is 29.5 Å². The SMILES string of the molecule is CC(C)c1cccc(OCC(=O)N2CC=C(c3ccccc3)CC2)c1. The number of benzene rings is 2. The first kappa shape index (κ1) is 17.3. The molecule has 0 fully saturated rings. The van der Waals surface area contributed by atoms with Gasteiger partial charge in [0.2, 0.25) is 0 Å². The normalized spacial score (nSPS) is 14.4. The third-order valence-electron chi connectivity index (χ3n) is 4.59. The number of ether oxygens (including phenoxy) is 1. The Hall–Kier alpha value is -2.55.